The van der Waals surface area contributed by atoms with Crippen molar-refractivity contribution in [3.05, 3.63) is 18.0 Å². The van der Waals surface area contributed by atoms with Crippen LogP contribution in [0.5, 0.6) is 0 Å². The first-order valence-corrected chi connectivity index (χ1v) is 5.95. The number of halogens is 1. The van der Waals surface area contributed by atoms with Gasteiger partial charge in [-0.3, -0.25) is 4.68 Å². The Kier molecular flexibility index (Phi) is 8.30. The maximum atomic E-state index is 4.33. The quantitative estimate of drug-likeness (QED) is 0.749. The highest BCUT2D eigenvalue weighted by atomic mass is 35.5. The molecule has 1 N–H and O–H groups in total. The van der Waals surface area contributed by atoms with Crippen LogP contribution >= 0.6 is 12.4 Å². The third-order valence-corrected chi connectivity index (χ3v) is 2.36. The first-order valence-electron chi connectivity index (χ1n) is 5.95. The van der Waals surface area contributed by atoms with Crippen molar-refractivity contribution in [1.29, 1.82) is 0 Å². The minimum absolute atomic E-state index is 0. The average molecular weight is 246 g/mol. The number of nitrogens with one attached hydrogen (secondary N) is 1. The van der Waals surface area contributed by atoms with Crippen LogP contribution in [0.3, 0.4) is 0 Å². The zero-order valence-electron chi connectivity index (χ0n) is 10.6. The van der Waals surface area contributed by atoms with Gasteiger partial charge in [-0.25, -0.2) is 0 Å². The highest BCUT2D eigenvalue weighted by molar-refractivity contribution is 5.85. The summed E-state index contributed by atoms with van der Waals surface area (Å²) in [7, 11) is 0. The van der Waals surface area contributed by atoms with E-state index in [1.165, 1.54) is 18.5 Å². The molecule has 0 aliphatic heterocycles. The third kappa shape index (κ3) is 5.52. The van der Waals surface area contributed by atoms with E-state index in [0.29, 0.717) is 5.92 Å². The molecule has 1 rings (SSSR count). The van der Waals surface area contributed by atoms with Crippen molar-refractivity contribution in [3.63, 3.8) is 0 Å². The number of hydrogen-bond acceptors (Lipinski definition) is 2. The predicted octanol–water partition coefficient (Wildman–Crippen LogP) is 2.85. The normalized spacial score (nSPS) is 10.5. The van der Waals surface area contributed by atoms with Gasteiger partial charge in [0.05, 0.1) is 5.69 Å². The molecule has 4 heteroatoms. The van der Waals surface area contributed by atoms with Crippen LogP contribution in [0.1, 0.15) is 39.3 Å². The highest BCUT2D eigenvalue weighted by Gasteiger charge is 2.03. The van der Waals surface area contributed by atoms with E-state index in [4.69, 9.17) is 0 Å². The van der Waals surface area contributed by atoms with Crippen molar-refractivity contribution in [2.45, 2.75) is 46.7 Å². The SMILES string of the molecule is CCCCNCc1ccnn1CC(C)C.Cl. The predicted molar refractivity (Wildman–Crippen MR) is 70.9 cm³/mol. The first kappa shape index (κ1) is 15.5. The average Bonchev–Trinajstić information content (AvgIpc) is 2.59. The Morgan fingerprint density at radius 1 is 1.44 bits per heavy atom. The zero-order valence-corrected chi connectivity index (χ0v) is 11.4. The second-order valence-corrected chi connectivity index (χ2v) is 4.43. The van der Waals surface area contributed by atoms with Gasteiger partial charge < -0.3 is 5.32 Å². The van der Waals surface area contributed by atoms with Gasteiger partial charge >= 0.3 is 0 Å². The second kappa shape index (κ2) is 8.59. The number of nitrogens with zero attached hydrogens (tertiary/aromatic N) is 2. The van der Waals surface area contributed by atoms with E-state index >= 15 is 0 Å². The van der Waals surface area contributed by atoms with Crippen molar-refractivity contribution < 1.29 is 0 Å². The largest absolute Gasteiger partial charge is 0.311 e. The fraction of sp³-hybridized carbons (Fsp3) is 0.750. The van der Waals surface area contributed by atoms with E-state index < -0.39 is 0 Å². The van der Waals surface area contributed by atoms with Gasteiger partial charge in [-0.2, -0.15) is 5.10 Å². The molecule has 0 radical (unpaired) electrons. The molecule has 0 aliphatic rings. The molecule has 0 saturated carbocycles. The Hall–Kier alpha value is -0.540. The van der Waals surface area contributed by atoms with E-state index in [9.17, 15) is 0 Å². The van der Waals surface area contributed by atoms with Crippen molar-refractivity contribution in [1.82, 2.24) is 15.1 Å². The number of unbranched alkanes of at least 4 members (excludes halogenated alkanes) is 1. The molecule has 0 aromatic carbocycles. The smallest absolute Gasteiger partial charge is 0.0522 e. The van der Waals surface area contributed by atoms with E-state index in [1.54, 1.807) is 0 Å². The van der Waals surface area contributed by atoms with Crippen LogP contribution < -0.4 is 5.32 Å². The molecule has 0 bridgehead atoms. The van der Waals surface area contributed by atoms with Gasteiger partial charge in [0.1, 0.15) is 0 Å². The molecule has 0 fully saturated rings. The Morgan fingerprint density at radius 2 is 2.19 bits per heavy atom. The second-order valence-electron chi connectivity index (χ2n) is 4.43. The van der Waals surface area contributed by atoms with Gasteiger partial charge in [0.2, 0.25) is 0 Å². The van der Waals surface area contributed by atoms with Gasteiger partial charge in [0.25, 0.3) is 0 Å². The fourth-order valence-electron chi connectivity index (χ4n) is 1.54. The Bertz CT molecular complexity index is 271. The minimum Gasteiger partial charge on any atom is -0.311 e. The molecule has 94 valence electrons. The lowest BCUT2D eigenvalue weighted by atomic mass is 10.2. The molecule has 0 amide bonds. The van der Waals surface area contributed by atoms with Crippen LogP contribution in [-0.4, -0.2) is 16.3 Å². The summed E-state index contributed by atoms with van der Waals surface area (Å²) in [6.07, 6.45) is 4.38. The summed E-state index contributed by atoms with van der Waals surface area (Å²) in [6, 6.07) is 2.10. The van der Waals surface area contributed by atoms with Crippen LogP contribution in [0.2, 0.25) is 0 Å². The summed E-state index contributed by atoms with van der Waals surface area (Å²) >= 11 is 0. The van der Waals surface area contributed by atoms with E-state index in [-0.39, 0.29) is 12.4 Å². The fourth-order valence-corrected chi connectivity index (χ4v) is 1.54. The van der Waals surface area contributed by atoms with Crippen LogP contribution in [0.4, 0.5) is 0 Å². The molecule has 0 saturated heterocycles. The number of rotatable bonds is 7. The van der Waals surface area contributed by atoms with Gasteiger partial charge in [0, 0.05) is 19.3 Å². The summed E-state index contributed by atoms with van der Waals surface area (Å²) in [5.74, 6) is 0.652. The monoisotopic (exact) mass is 245 g/mol. The van der Waals surface area contributed by atoms with Gasteiger partial charge in [-0.1, -0.05) is 27.2 Å². The standard InChI is InChI=1S/C12H23N3.ClH/c1-4-5-7-13-9-12-6-8-14-15(12)10-11(2)3;/h6,8,11,13H,4-5,7,9-10H2,1-3H3;1H. The topological polar surface area (TPSA) is 29.9 Å². The summed E-state index contributed by atoms with van der Waals surface area (Å²) in [5, 5.41) is 7.77. The molecular formula is C12H24ClN3. The minimum atomic E-state index is 0. The highest BCUT2D eigenvalue weighted by Crippen LogP contribution is 2.03. The molecule has 16 heavy (non-hydrogen) atoms. The zero-order chi connectivity index (χ0) is 11.1. The van der Waals surface area contributed by atoms with Gasteiger partial charge in [0.15, 0.2) is 0 Å². The van der Waals surface area contributed by atoms with Crippen molar-refractivity contribution in [3.8, 4) is 0 Å². The lowest BCUT2D eigenvalue weighted by Crippen LogP contribution is -2.19. The molecule has 0 spiro atoms. The van der Waals surface area contributed by atoms with Crippen LogP contribution in [-0.2, 0) is 13.1 Å². The Balaban J connectivity index is 0.00000225. The van der Waals surface area contributed by atoms with E-state index in [0.717, 1.165) is 19.6 Å². The van der Waals surface area contributed by atoms with E-state index in [1.807, 2.05) is 6.20 Å². The number of aromatic nitrogens is 2. The summed E-state index contributed by atoms with van der Waals surface area (Å²) in [4.78, 5) is 0. The molecule has 0 aliphatic carbocycles. The maximum Gasteiger partial charge on any atom is 0.0522 e. The molecule has 0 atom stereocenters. The Labute approximate surface area is 105 Å². The number of hydrogen-bond donors (Lipinski definition) is 1. The molecule has 1 aromatic heterocycles. The Morgan fingerprint density at radius 3 is 2.81 bits per heavy atom. The molecule has 1 heterocycles. The molecule has 3 nitrogen and oxygen atoms in total. The summed E-state index contributed by atoms with van der Waals surface area (Å²) in [6.45, 7) is 9.70. The molecular weight excluding hydrogens is 222 g/mol. The summed E-state index contributed by atoms with van der Waals surface area (Å²) < 4.78 is 2.10. The summed E-state index contributed by atoms with van der Waals surface area (Å²) in [5.41, 5.74) is 1.29. The van der Waals surface area contributed by atoms with E-state index in [2.05, 4.69) is 41.9 Å². The van der Waals surface area contributed by atoms with Crippen molar-refractivity contribution in [2.24, 2.45) is 5.92 Å². The first-order chi connectivity index (χ1) is 7.24. The van der Waals surface area contributed by atoms with Crippen LogP contribution in [0.25, 0.3) is 0 Å². The van der Waals surface area contributed by atoms with Crippen molar-refractivity contribution in [2.75, 3.05) is 6.54 Å². The van der Waals surface area contributed by atoms with Gasteiger partial charge in [-0.05, 0) is 24.9 Å². The molecule has 0 unspecified atom stereocenters. The molecule has 1 aromatic rings. The maximum absolute atomic E-state index is 4.33. The lowest BCUT2D eigenvalue weighted by molar-refractivity contribution is 0.460. The van der Waals surface area contributed by atoms with Crippen LogP contribution in [0.15, 0.2) is 12.3 Å². The lowest BCUT2D eigenvalue weighted by Gasteiger charge is -2.10. The third-order valence-electron chi connectivity index (χ3n) is 2.36. The van der Waals surface area contributed by atoms with Gasteiger partial charge in [-0.15, -0.1) is 12.4 Å². The van der Waals surface area contributed by atoms with Crippen LogP contribution in [0, 0.1) is 5.92 Å². The van der Waals surface area contributed by atoms with Crippen molar-refractivity contribution >= 4 is 12.4 Å².